The first kappa shape index (κ1) is 35.4. The molecule has 0 aliphatic heterocycles. The molecule has 0 fully saturated rings. The Bertz CT molecular complexity index is 3600. The van der Waals surface area contributed by atoms with Crippen LogP contribution in [0.2, 0.25) is 0 Å². The molecule has 0 saturated heterocycles. The van der Waals surface area contributed by atoms with E-state index in [1.807, 2.05) is 0 Å². The van der Waals surface area contributed by atoms with Crippen LogP contribution in [0.5, 0.6) is 0 Å². The Labute approximate surface area is 372 Å². The van der Waals surface area contributed by atoms with Crippen molar-refractivity contribution >= 4 is 39.0 Å². The van der Waals surface area contributed by atoms with Crippen LogP contribution in [0.4, 0.5) is 17.1 Å². The van der Waals surface area contributed by atoms with Crippen LogP contribution in [0.15, 0.2) is 241 Å². The molecule has 11 aromatic rings. The van der Waals surface area contributed by atoms with Crippen molar-refractivity contribution in [2.75, 3.05) is 4.90 Å². The Kier molecular flexibility index (Phi) is 7.28. The minimum absolute atomic E-state index is 0.414. The zero-order valence-corrected chi connectivity index (χ0v) is 34.9. The van der Waals surface area contributed by atoms with Gasteiger partial charge in [0.1, 0.15) is 5.58 Å². The van der Waals surface area contributed by atoms with E-state index in [4.69, 9.17) is 4.42 Å². The lowest BCUT2D eigenvalue weighted by atomic mass is 9.68. The number of furan rings is 1. The van der Waals surface area contributed by atoms with E-state index in [0.29, 0.717) is 0 Å². The molecule has 1 aromatic heterocycles. The van der Waals surface area contributed by atoms with Gasteiger partial charge in [-0.3, -0.25) is 0 Å². The molecule has 0 bridgehead atoms. The van der Waals surface area contributed by atoms with Crippen molar-refractivity contribution in [3.8, 4) is 33.4 Å². The average Bonchev–Trinajstić information content (AvgIpc) is 4.08. The van der Waals surface area contributed by atoms with Gasteiger partial charge in [-0.2, -0.15) is 0 Å². The summed E-state index contributed by atoms with van der Waals surface area (Å²) in [6.07, 6.45) is 0. The predicted octanol–water partition coefficient (Wildman–Crippen LogP) is 15.8. The van der Waals surface area contributed by atoms with E-state index in [1.165, 1.54) is 77.9 Å². The number of para-hydroxylation sites is 2. The number of rotatable bonds is 5. The lowest BCUT2D eigenvalue weighted by molar-refractivity contribution is 0.669. The number of fused-ring (bicyclic) bond motifs is 16. The van der Waals surface area contributed by atoms with Gasteiger partial charge >= 0.3 is 0 Å². The zero-order valence-electron chi connectivity index (χ0n) is 34.9. The molecule has 0 N–H and O–H groups in total. The van der Waals surface area contributed by atoms with Crippen LogP contribution < -0.4 is 4.90 Å². The first-order chi connectivity index (χ1) is 31.8. The molecule has 3 aliphatic carbocycles. The fourth-order valence-electron chi connectivity index (χ4n) is 12.1. The summed E-state index contributed by atoms with van der Waals surface area (Å²) >= 11 is 0. The van der Waals surface area contributed by atoms with Crippen molar-refractivity contribution in [3.63, 3.8) is 0 Å². The molecule has 2 nitrogen and oxygen atoms in total. The van der Waals surface area contributed by atoms with Gasteiger partial charge in [0.15, 0.2) is 5.58 Å². The van der Waals surface area contributed by atoms with Gasteiger partial charge < -0.3 is 9.32 Å². The quantitative estimate of drug-likeness (QED) is 0.172. The molecule has 1 heterocycles. The number of nitrogens with zero attached hydrogens (tertiary/aromatic N) is 1. The standard InChI is InChI=1S/C62H39NO/c1-2-17-40(18-3-1)61(52-26-10-4-19-44(52)45-20-5-11-27-53(45)61)41-33-35-42(36-34-41)63(58-31-16-25-50-49-24-9-15-32-59(49)64-60(50)58)43-37-38-57-51(39-43)48-23-8-14-30-56(48)62(57)54-28-12-6-21-46(54)47-22-7-13-29-55(47)62/h1-39H. The topological polar surface area (TPSA) is 16.4 Å². The van der Waals surface area contributed by atoms with Crippen molar-refractivity contribution in [3.05, 3.63) is 281 Å². The van der Waals surface area contributed by atoms with Crippen molar-refractivity contribution in [2.45, 2.75) is 10.8 Å². The summed E-state index contributed by atoms with van der Waals surface area (Å²) < 4.78 is 6.83. The highest BCUT2D eigenvalue weighted by Crippen LogP contribution is 2.63. The summed E-state index contributed by atoms with van der Waals surface area (Å²) in [5, 5.41) is 2.21. The van der Waals surface area contributed by atoms with Crippen molar-refractivity contribution < 1.29 is 4.42 Å². The van der Waals surface area contributed by atoms with Crippen LogP contribution >= 0.6 is 0 Å². The molecule has 0 unspecified atom stereocenters. The van der Waals surface area contributed by atoms with Gasteiger partial charge in [-0.1, -0.05) is 200 Å². The highest BCUT2D eigenvalue weighted by atomic mass is 16.3. The maximum absolute atomic E-state index is 6.83. The van der Waals surface area contributed by atoms with Crippen molar-refractivity contribution in [1.82, 2.24) is 0 Å². The fourth-order valence-corrected chi connectivity index (χ4v) is 12.1. The average molecular weight is 814 g/mol. The Morgan fingerprint density at radius 2 is 0.734 bits per heavy atom. The summed E-state index contributed by atoms with van der Waals surface area (Å²) in [5.41, 5.74) is 22.1. The second-order valence-corrected chi connectivity index (χ2v) is 17.5. The van der Waals surface area contributed by atoms with Gasteiger partial charge in [-0.05, 0) is 114 Å². The maximum Gasteiger partial charge on any atom is 0.159 e. The summed E-state index contributed by atoms with van der Waals surface area (Å²) in [6.45, 7) is 0. The van der Waals surface area contributed by atoms with E-state index in [-0.39, 0.29) is 0 Å². The van der Waals surface area contributed by atoms with E-state index in [0.717, 1.165) is 39.0 Å². The largest absolute Gasteiger partial charge is 0.454 e. The van der Waals surface area contributed by atoms with Crippen LogP contribution in [0, 0.1) is 0 Å². The van der Waals surface area contributed by atoms with E-state index >= 15 is 0 Å². The molecule has 2 heteroatoms. The van der Waals surface area contributed by atoms with Crippen LogP contribution in [0.3, 0.4) is 0 Å². The number of anilines is 3. The molecule has 1 spiro atoms. The van der Waals surface area contributed by atoms with Crippen LogP contribution in [-0.2, 0) is 10.8 Å². The van der Waals surface area contributed by atoms with Gasteiger partial charge in [-0.25, -0.2) is 0 Å². The van der Waals surface area contributed by atoms with Crippen LogP contribution in [-0.4, -0.2) is 0 Å². The number of hydrogen-bond donors (Lipinski definition) is 0. The molecule has 14 rings (SSSR count). The number of hydrogen-bond acceptors (Lipinski definition) is 2. The third kappa shape index (κ3) is 4.49. The van der Waals surface area contributed by atoms with Crippen LogP contribution in [0.1, 0.15) is 44.5 Å². The lowest BCUT2D eigenvalue weighted by Gasteiger charge is -2.34. The van der Waals surface area contributed by atoms with Crippen molar-refractivity contribution in [2.24, 2.45) is 0 Å². The van der Waals surface area contributed by atoms with E-state index < -0.39 is 10.8 Å². The highest BCUT2D eigenvalue weighted by Gasteiger charge is 2.52. The maximum atomic E-state index is 6.83. The molecule has 10 aromatic carbocycles. The summed E-state index contributed by atoms with van der Waals surface area (Å²) in [4.78, 5) is 2.41. The third-order valence-electron chi connectivity index (χ3n) is 14.6. The summed E-state index contributed by atoms with van der Waals surface area (Å²) in [7, 11) is 0. The first-order valence-electron chi connectivity index (χ1n) is 22.3. The minimum Gasteiger partial charge on any atom is -0.454 e. The smallest absolute Gasteiger partial charge is 0.159 e. The Morgan fingerprint density at radius 3 is 1.33 bits per heavy atom. The Hall–Kier alpha value is -8.20. The molecular formula is C62H39NO. The van der Waals surface area contributed by atoms with Gasteiger partial charge in [0.05, 0.1) is 16.5 Å². The molecule has 0 atom stereocenters. The first-order valence-corrected chi connectivity index (χ1v) is 22.3. The zero-order chi connectivity index (χ0) is 42.0. The second-order valence-electron chi connectivity index (χ2n) is 17.5. The third-order valence-corrected chi connectivity index (χ3v) is 14.6. The van der Waals surface area contributed by atoms with E-state index in [9.17, 15) is 0 Å². The summed E-state index contributed by atoms with van der Waals surface area (Å²) in [6, 6.07) is 87.5. The Balaban J connectivity index is 1.01. The van der Waals surface area contributed by atoms with Crippen molar-refractivity contribution in [1.29, 1.82) is 0 Å². The van der Waals surface area contributed by atoms with Gasteiger partial charge in [0, 0.05) is 22.1 Å². The fraction of sp³-hybridized carbons (Fsp3) is 0.0323. The van der Waals surface area contributed by atoms with Crippen LogP contribution in [0.25, 0.3) is 55.3 Å². The normalized spacial score (nSPS) is 14.2. The molecule has 0 amide bonds. The molecule has 64 heavy (non-hydrogen) atoms. The number of benzene rings is 10. The SMILES string of the molecule is c1ccc(C2(c3ccc(N(c4ccc5c(c4)-c4ccccc4C54c5ccccc5-c5ccccc54)c4cccc5c4oc4ccccc45)cc3)c3ccccc3-c3ccccc32)cc1. The highest BCUT2D eigenvalue weighted by molar-refractivity contribution is 6.10. The molecule has 3 aliphatic rings. The molecule has 0 saturated carbocycles. The van der Waals surface area contributed by atoms with E-state index in [2.05, 4.69) is 241 Å². The predicted molar refractivity (Wildman–Crippen MR) is 262 cm³/mol. The molecule has 298 valence electrons. The monoisotopic (exact) mass is 813 g/mol. The van der Waals surface area contributed by atoms with Gasteiger partial charge in [-0.15, -0.1) is 0 Å². The minimum atomic E-state index is -0.490. The van der Waals surface area contributed by atoms with Gasteiger partial charge in [0.2, 0.25) is 0 Å². The molecular weight excluding hydrogens is 775 g/mol. The van der Waals surface area contributed by atoms with E-state index in [1.54, 1.807) is 0 Å². The Morgan fingerprint density at radius 1 is 0.297 bits per heavy atom. The summed E-state index contributed by atoms with van der Waals surface area (Å²) in [5.74, 6) is 0. The second kappa shape index (κ2) is 13.2. The molecule has 0 radical (unpaired) electrons. The lowest BCUT2D eigenvalue weighted by Crippen LogP contribution is -2.28. The van der Waals surface area contributed by atoms with Gasteiger partial charge in [0.25, 0.3) is 0 Å².